The van der Waals surface area contributed by atoms with E-state index in [1.165, 1.54) is 27.7 Å². The fraction of sp³-hybridized carbons (Fsp3) is 0.962. The zero-order chi connectivity index (χ0) is 101. The Labute approximate surface area is 782 Å². The summed E-state index contributed by atoms with van der Waals surface area (Å²) in [6.07, 6.45) is -120. The highest BCUT2D eigenvalue weighted by molar-refractivity contribution is 5.74. The molecule has 0 aromatic carbocycles. The third-order valence-electron chi connectivity index (χ3n) is 26.1. The van der Waals surface area contributed by atoms with Crippen LogP contribution in [0.4, 0.5) is 0 Å². The van der Waals surface area contributed by atoms with Gasteiger partial charge < -0.3 is 283 Å². The van der Waals surface area contributed by atoms with Crippen molar-refractivity contribution in [3.05, 3.63) is 0 Å². The fourth-order valence-corrected chi connectivity index (χ4v) is 18.3. The molecular weight excluding hydrogens is 1890 g/mol. The molecule has 12 aliphatic rings. The molecule has 3 amide bonds. The number of hydrogen-bond acceptors (Lipinski definition) is 57. The lowest BCUT2D eigenvalue weighted by atomic mass is 9.93. The molecule has 0 saturated carbocycles. The van der Waals surface area contributed by atoms with Gasteiger partial charge in [-0.05, 0) is 27.7 Å². The Morgan fingerprint density at radius 3 is 0.804 bits per heavy atom. The van der Waals surface area contributed by atoms with Gasteiger partial charge in [0.1, 0.15) is 268 Å². The van der Waals surface area contributed by atoms with Gasteiger partial charge in [-0.15, -0.1) is 0 Å². The highest BCUT2D eigenvalue weighted by atomic mass is 16.8. The predicted octanol–water partition coefficient (Wildman–Crippen LogP) is -22.6. The standard InChI is InChI=1S/C78H131N3O57/c1-16-34(92)43(101)51(109)71(117-16)130-59-29(14-88)127-70(33(81-22(7)91)62(59)134-78-66(48(106)39(97)24(9-83)125-78)138-74-54(112)46(104)37(95)19(4)120-74)136-64-42(100)30(128-76(56(64)114)129-57-27(12-86)121-67(115)50(108)49(57)107)15-116-68-32(80-21(6)90)61(133-72-52(110)44(102)35(93)17(2)118-72)58(28(13-87)126-68)131-75-55(113)63(41(99)26(11-85)123-75)135-69-31(79-20(5)89)60(40(98)25(10-84)122-69)132-77-65(47(105)38(96)23(8-82)124-77)137-73-53(111)45(103)36(94)18(3)119-73/h16-19,23-78,82-88,92-115H,8-15H2,1-7H3,(H,79,89)(H,80,90)(H,81,91)/t16-,17-,18-,19-,23+,24+,25+,26+,27+,28+,29+,30+,31+,32+,33+,34+,35+,36+,37+,38-,39-,40+,41-,42-,43+,44+,45+,46+,47-,48-,49+,50+,51-,52-,53-,54-,55+,56+,57+,58+,59+,60+,61+,62+,63-,64-,65+,66+,67?,68+,69-,70-,71-,72-,73-,74-,75-,76-,77-,78-/m0/s1. The molecule has 60 nitrogen and oxygen atoms in total. The van der Waals surface area contributed by atoms with E-state index in [0.29, 0.717) is 0 Å². The average molecular weight is 2020 g/mol. The normalized spacial score (nSPS) is 52.1. The van der Waals surface area contributed by atoms with Gasteiger partial charge in [0, 0.05) is 20.8 Å². The molecule has 12 fully saturated rings. The fourth-order valence-electron chi connectivity index (χ4n) is 18.3. The van der Waals surface area contributed by atoms with Crippen LogP contribution >= 0.6 is 0 Å². The van der Waals surface area contributed by atoms with Gasteiger partial charge in [-0.3, -0.25) is 14.4 Å². The zero-order valence-electron chi connectivity index (χ0n) is 74.8. The lowest BCUT2D eigenvalue weighted by Crippen LogP contribution is -2.72. The molecule has 0 aliphatic carbocycles. The van der Waals surface area contributed by atoms with Gasteiger partial charge in [-0.25, -0.2) is 0 Å². The summed E-state index contributed by atoms with van der Waals surface area (Å²) in [5.41, 5.74) is 0. The maximum absolute atomic E-state index is 13.9. The highest BCUT2D eigenvalue weighted by Crippen LogP contribution is 2.44. The molecule has 60 atom stereocenters. The Balaban J connectivity index is 0.881. The number of rotatable bonds is 33. The highest BCUT2D eigenvalue weighted by Gasteiger charge is 2.64. The molecule has 12 heterocycles. The minimum Gasteiger partial charge on any atom is -0.394 e. The van der Waals surface area contributed by atoms with Crippen molar-refractivity contribution >= 4 is 17.7 Å². The zero-order valence-corrected chi connectivity index (χ0v) is 74.8. The first-order chi connectivity index (χ1) is 65.2. The van der Waals surface area contributed by atoms with E-state index in [1.54, 1.807) is 0 Å². The number of aliphatic hydroxyl groups excluding tert-OH is 31. The molecule has 0 spiro atoms. The van der Waals surface area contributed by atoms with Gasteiger partial charge >= 0.3 is 0 Å². The van der Waals surface area contributed by atoms with Crippen LogP contribution < -0.4 is 16.0 Å². The number of nitrogens with one attached hydrogen (secondary N) is 3. The van der Waals surface area contributed by atoms with Crippen LogP contribution in [0.2, 0.25) is 0 Å². The summed E-state index contributed by atoms with van der Waals surface area (Å²) in [6.45, 7) is -2.07. The molecule has 138 heavy (non-hydrogen) atoms. The number of carbonyl (C=O) groups is 3. The molecule has 1 unspecified atom stereocenters. The van der Waals surface area contributed by atoms with E-state index in [9.17, 15) is 173 Å². The van der Waals surface area contributed by atoms with Crippen LogP contribution in [0, 0.1) is 0 Å². The van der Waals surface area contributed by atoms with Crippen molar-refractivity contribution in [1.82, 2.24) is 16.0 Å². The Hall–Kier alpha value is -3.75. The van der Waals surface area contributed by atoms with E-state index in [4.69, 9.17) is 109 Å². The van der Waals surface area contributed by atoms with Gasteiger partial charge in [-0.1, -0.05) is 0 Å². The number of hydrogen-bond donors (Lipinski definition) is 34. The summed E-state index contributed by atoms with van der Waals surface area (Å²) in [4.78, 5) is 41.1. The molecule has 34 N–H and O–H groups in total. The van der Waals surface area contributed by atoms with Crippen LogP contribution in [0.25, 0.3) is 0 Å². The maximum Gasteiger partial charge on any atom is 0.217 e. The van der Waals surface area contributed by atoms with E-state index in [2.05, 4.69) is 16.0 Å². The summed E-state index contributed by atoms with van der Waals surface area (Å²) >= 11 is 0. The van der Waals surface area contributed by atoms with Crippen molar-refractivity contribution < 1.29 is 282 Å². The van der Waals surface area contributed by atoms with Crippen molar-refractivity contribution in [3.8, 4) is 0 Å². The summed E-state index contributed by atoms with van der Waals surface area (Å²) in [7, 11) is 0. The summed E-state index contributed by atoms with van der Waals surface area (Å²) in [5, 5.41) is 357. The second-order valence-corrected chi connectivity index (χ2v) is 35.8. The second-order valence-electron chi connectivity index (χ2n) is 35.8. The lowest BCUT2D eigenvalue weighted by molar-refractivity contribution is -0.402. The Kier molecular flexibility index (Phi) is 39.7. The number of aliphatic hydroxyl groups is 31. The maximum atomic E-state index is 13.9. The van der Waals surface area contributed by atoms with Crippen molar-refractivity contribution in [2.45, 2.75) is 417 Å². The van der Waals surface area contributed by atoms with Crippen molar-refractivity contribution in [2.24, 2.45) is 0 Å². The predicted molar refractivity (Wildman–Crippen MR) is 424 cm³/mol. The van der Waals surface area contributed by atoms with Crippen LogP contribution in [0.1, 0.15) is 48.5 Å². The Bertz CT molecular complexity index is 3790. The first kappa shape index (κ1) is 113. The van der Waals surface area contributed by atoms with Crippen LogP contribution in [-0.2, 0) is 123 Å². The van der Waals surface area contributed by atoms with Crippen LogP contribution in [-0.4, -0.2) is 597 Å². The SMILES string of the molecule is CC(=O)N[C@H]1[C@H](O[C@H]2[C@@H](O)[C@@H](CO[C@@H]3O[C@H](CO)[C@@H](O[C@@H]4O[C@H](CO)[C@H](O)[C@H](O[C@@H]5O[C@H](CO)[C@@H](O)[C@H](O[C@@H]6O[C@H](CO)[C@H](O)[C@H](O)[C@H]6O[C@@H]6O[C@@H](C)[C@@H](O)[C@@H](O)[C@@H]6O)[C@H]5NC(C)=O)[C@H]4O)[C@H](O[C@@H]4O[C@@H](C)[C@@H](O)[C@@H](O)[C@@H]4O)[C@H]3NC(C)=O)O[C@@H](O[C@H]3[C@H](O)[C@@H](O)C(O)O[C@@H]3CO)[C@@H]2O)O[C@H](CO)[C@@H](O[C@@H]2O[C@@H](C)[C@@H](O)[C@@H](O)[C@@H]2O)[C@@H]1O[C@@H]1O[C@H](CO)[C@H](O)[C@H](O)[C@H]1O[C@@H]1O[C@@H](C)[C@@H](O)[C@@H](O)[C@@H]1O. The first-order valence-electron chi connectivity index (χ1n) is 44.6. The summed E-state index contributed by atoms with van der Waals surface area (Å²) in [6, 6.07) is -6.29. The van der Waals surface area contributed by atoms with E-state index in [0.717, 1.165) is 20.8 Å². The summed E-state index contributed by atoms with van der Waals surface area (Å²) < 4.78 is 140. The van der Waals surface area contributed by atoms with E-state index in [1.807, 2.05) is 0 Å². The summed E-state index contributed by atoms with van der Waals surface area (Å²) in [5.74, 6) is -3.15. The third-order valence-corrected chi connectivity index (χ3v) is 26.1. The number of ether oxygens (including phenoxy) is 23. The quantitative estimate of drug-likeness (QED) is 0.0290. The molecule has 800 valence electrons. The number of amides is 3. The van der Waals surface area contributed by atoms with Gasteiger partial charge in [0.15, 0.2) is 75.5 Å². The minimum atomic E-state index is -2.60. The largest absolute Gasteiger partial charge is 0.394 e. The van der Waals surface area contributed by atoms with Crippen LogP contribution in [0.3, 0.4) is 0 Å². The van der Waals surface area contributed by atoms with Gasteiger partial charge in [0.25, 0.3) is 0 Å². The van der Waals surface area contributed by atoms with E-state index < -0.39 is 439 Å². The average Bonchev–Trinajstić information content (AvgIpc) is 0.757. The molecule has 0 aromatic heterocycles. The van der Waals surface area contributed by atoms with Crippen molar-refractivity contribution in [2.75, 3.05) is 52.9 Å². The molecule has 0 aromatic rings. The first-order valence-corrected chi connectivity index (χ1v) is 44.6. The van der Waals surface area contributed by atoms with E-state index in [-0.39, 0.29) is 0 Å². The second kappa shape index (κ2) is 48.5. The molecule has 0 bridgehead atoms. The minimum absolute atomic E-state index is 0.879. The molecule has 12 rings (SSSR count). The lowest BCUT2D eigenvalue weighted by Gasteiger charge is -2.52. The van der Waals surface area contributed by atoms with Gasteiger partial charge in [-0.2, -0.15) is 0 Å². The molecule has 60 heteroatoms. The third kappa shape index (κ3) is 24.1. The smallest absolute Gasteiger partial charge is 0.217 e. The Morgan fingerprint density at radius 1 is 0.203 bits per heavy atom. The van der Waals surface area contributed by atoms with E-state index >= 15 is 0 Å². The van der Waals surface area contributed by atoms with Crippen molar-refractivity contribution in [1.29, 1.82) is 0 Å². The molecular formula is C78H131N3O57. The monoisotopic (exact) mass is 2020 g/mol. The van der Waals surface area contributed by atoms with Gasteiger partial charge in [0.2, 0.25) is 17.7 Å². The van der Waals surface area contributed by atoms with Crippen LogP contribution in [0.5, 0.6) is 0 Å². The topological polar surface area (TPSA) is 927 Å². The Morgan fingerprint density at radius 2 is 0.442 bits per heavy atom. The molecule has 0 radical (unpaired) electrons. The number of carbonyl (C=O) groups excluding carboxylic acids is 3. The molecule has 12 saturated heterocycles. The van der Waals surface area contributed by atoms with Crippen LogP contribution in [0.15, 0.2) is 0 Å². The van der Waals surface area contributed by atoms with Gasteiger partial charge in [0.05, 0.1) is 77.3 Å². The molecule has 12 aliphatic heterocycles. The van der Waals surface area contributed by atoms with Crippen molar-refractivity contribution in [3.63, 3.8) is 0 Å².